The van der Waals surface area contributed by atoms with E-state index in [1.807, 2.05) is 13.8 Å². The number of carbonyl (C=O) groups excluding carboxylic acids is 1. The number of hydrogen-bond donors (Lipinski definition) is 2. The molecular formula is C23H21Cl2F3N6O2. The van der Waals surface area contributed by atoms with Crippen molar-refractivity contribution in [2.45, 2.75) is 32.2 Å². The van der Waals surface area contributed by atoms with Crippen molar-refractivity contribution in [2.75, 3.05) is 28.6 Å². The number of morpholine rings is 1. The zero-order valence-electron chi connectivity index (χ0n) is 19.1. The quantitative estimate of drug-likeness (QED) is 0.422. The predicted molar refractivity (Wildman–Crippen MR) is 131 cm³/mol. The molecule has 1 aromatic carbocycles. The predicted octanol–water partition coefficient (Wildman–Crippen LogP) is 5.81. The zero-order valence-corrected chi connectivity index (χ0v) is 20.6. The molecule has 4 rings (SSSR count). The topological polar surface area (TPSA) is 92.3 Å². The standard InChI is InChI=1S/C23H21Cl2F3N6O2/c1-12-10-34(11-13(2)36-12)22-31-17(23(26,27)28)9-19(33-22)32-18-8-14(6-7-29-18)30-21(35)20-15(24)4-3-5-16(20)25/h3-9,12-13H,10-11H2,1-2H3,(H2,29,30,31,32,33,35). The Morgan fingerprint density at radius 1 is 1.06 bits per heavy atom. The number of carbonyl (C=O) groups is 1. The molecule has 0 saturated carbocycles. The van der Waals surface area contributed by atoms with Crippen molar-refractivity contribution < 1.29 is 22.7 Å². The lowest BCUT2D eigenvalue weighted by Crippen LogP contribution is -2.46. The van der Waals surface area contributed by atoms with Crippen LogP contribution in [-0.2, 0) is 10.9 Å². The normalized spacial score (nSPS) is 18.1. The molecular weight excluding hydrogens is 520 g/mol. The second kappa shape index (κ2) is 10.5. The molecule has 0 aliphatic carbocycles. The molecule has 2 unspecified atom stereocenters. The fraction of sp³-hybridized carbons (Fsp3) is 0.304. The van der Waals surface area contributed by atoms with Crippen LogP contribution in [0.2, 0.25) is 10.0 Å². The van der Waals surface area contributed by atoms with Crippen molar-refractivity contribution in [2.24, 2.45) is 0 Å². The van der Waals surface area contributed by atoms with E-state index in [0.29, 0.717) is 18.8 Å². The number of ether oxygens (including phenoxy) is 1. The summed E-state index contributed by atoms with van der Waals surface area (Å²) in [6.07, 6.45) is -3.70. The van der Waals surface area contributed by atoms with Crippen LogP contribution >= 0.6 is 23.2 Å². The molecule has 190 valence electrons. The number of aromatic nitrogens is 3. The van der Waals surface area contributed by atoms with Gasteiger partial charge in [0.25, 0.3) is 5.91 Å². The van der Waals surface area contributed by atoms with Crippen LogP contribution in [0.15, 0.2) is 42.6 Å². The highest BCUT2D eigenvalue weighted by Crippen LogP contribution is 2.32. The molecule has 36 heavy (non-hydrogen) atoms. The van der Waals surface area contributed by atoms with Gasteiger partial charge in [0.15, 0.2) is 5.69 Å². The van der Waals surface area contributed by atoms with Gasteiger partial charge in [-0.25, -0.2) is 9.97 Å². The number of nitrogens with one attached hydrogen (secondary N) is 2. The van der Waals surface area contributed by atoms with Gasteiger partial charge in [0, 0.05) is 37.1 Å². The Morgan fingerprint density at radius 3 is 2.36 bits per heavy atom. The third kappa shape index (κ3) is 6.15. The summed E-state index contributed by atoms with van der Waals surface area (Å²) >= 11 is 12.2. The minimum absolute atomic E-state index is 0.0767. The first-order chi connectivity index (χ1) is 17.0. The Morgan fingerprint density at radius 2 is 1.72 bits per heavy atom. The summed E-state index contributed by atoms with van der Waals surface area (Å²) in [7, 11) is 0. The Hall–Kier alpha value is -3.15. The highest BCUT2D eigenvalue weighted by molar-refractivity contribution is 6.40. The van der Waals surface area contributed by atoms with Crippen LogP contribution in [0, 0.1) is 0 Å². The molecule has 1 saturated heterocycles. The van der Waals surface area contributed by atoms with Gasteiger partial charge in [-0.1, -0.05) is 29.3 Å². The molecule has 0 radical (unpaired) electrons. The fourth-order valence-electron chi connectivity index (χ4n) is 3.74. The maximum Gasteiger partial charge on any atom is 0.433 e. The van der Waals surface area contributed by atoms with Crippen LogP contribution in [0.3, 0.4) is 0 Å². The largest absolute Gasteiger partial charge is 0.433 e. The van der Waals surface area contributed by atoms with Gasteiger partial charge < -0.3 is 20.3 Å². The van der Waals surface area contributed by atoms with Crippen molar-refractivity contribution in [3.05, 3.63) is 63.9 Å². The summed E-state index contributed by atoms with van der Waals surface area (Å²) in [5, 5.41) is 5.77. The minimum atomic E-state index is -4.69. The van der Waals surface area contributed by atoms with Crippen molar-refractivity contribution in [3.63, 3.8) is 0 Å². The van der Waals surface area contributed by atoms with E-state index in [1.165, 1.54) is 30.5 Å². The van der Waals surface area contributed by atoms with Crippen molar-refractivity contribution >= 4 is 52.4 Å². The van der Waals surface area contributed by atoms with Gasteiger partial charge in [-0.15, -0.1) is 0 Å². The number of alkyl halides is 3. The molecule has 0 bridgehead atoms. The molecule has 1 aliphatic heterocycles. The van der Waals surface area contributed by atoms with Crippen LogP contribution in [0.1, 0.15) is 29.9 Å². The number of amides is 1. The van der Waals surface area contributed by atoms with Gasteiger partial charge in [-0.05, 0) is 32.0 Å². The lowest BCUT2D eigenvalue weighted by molar-refractivity contribution is -0.141. The molecule has 1 amide bonds. The minimum Gasteiger partial charge on any atom is -0.372 e. The van der Waals surface area contributed by atoms with Gasteiger partial charge in [-0.2, -0.15) is 18.2 Å². The average molecular weight is 541 g/mol. The smallest absolute Gasteiger partial charge is 0.372 e. The third-order valence-corrected chi connectivity index (χ3v) is 5.80. The first kappa shape index (κ1) is 25.9. The second-order valence-electron chi connectivity index (χ2n) is 8.20. The van der Waals surface area contributed by atoms with Gasteiger partial charge in [0.05, 0.1) is 27.8 Å². The Labute approximate surface area is 214 Å². The van der Waals surface area contributed by atoms with Crippen molar-refractivity contribution in [1.29, 1.82) is 0 Å². The zero-order chi connectivity index (χ0) is 26.0. The highest BCUT2D eigenvalue weighted by atomic mass is 35.5. The number of hydrogen-bond acceptors (Lipinski definition) is 7. The molecule has 1 fully saturated rings. The summed E-state index contributed by atoms with van der Waals surface area (Å²) in [5.41, 5.74) is -0.689. The molecule has 2 N–H and O–H groups in total. The Bertz CT molecular complexity index is 1250. The van der Waals surface area contributed by atoms with Crippen molar-refractivity contribution in [1.82, 2.24) is 15.0 Å². The summed E-state index contributed by atoms with van der Waals surface area (Å²) in [6.45, 7) is 4.34. The number of halogens is 5. The van der Waals surface area contributed by atoms with Gasteiger partial charge in [0.1, 0.15) is 11.6 Å². The molecule has 3 heterocycles. The second-order valence-corrected chi connectivity index (χ2v) is 9.02. The van der Waals surface area contributed by atoms with Crippen molar-refractivity contribution in [3.8, 4) is 0 Å². The van der Waals surface area contributed by atoms with E-state index in [-0.39, 0.29) is 45.4 Å². The van der Waals surface area contributed by atoms with Gasteiger partial charge >= 0.3 is 6.18 Å². The lowest BCUT2D eigenvalue weighted by atomic mass is 10.2. The molecule has 2 aromatic heterocycles. The van der Waals surface area contributed by atoms with E-state index < -0.39 is 17.8 Å². The highest BCUT2D eigenvalue weighted by Gasteiger charge is 2.35. The molecule has 2 atom stereocenters. The maximum atomic E-state index is 13.6. The molecule has 0 spiro atoms. The van der Waals surface area contributed by atoms with Crippen LogP contribution in [0.4, 0.5) is 36.4 Å². The molecule has 1 aliphatic rings. The van der Waals surface area contributed by atoms with Gasteiger partial charge in [0.2, 0.25) is 5.95 Å². The fourth-order valence-corrected chi connectivity index (χ4v) is 4.31. The SMILES string of the molecule is CC1CN(c2nc(Nc3cc(NC(=O)c4c(Cl)cccc4Cl)ccn3)cc(C(F)(F)F)n2)CC(C)O1. The summed E-state index contributed by atoms with van der Waals surface area (Å²) < 4.78 is 46.4. The third-order valence-electron chi connectivity index (χ3n) is 5.17. The first-order valence-electron chi connectivity index (χ1n) is 10.8. The van der Waals surface area contributed by atoms with E-state index >= 15 is 0 Å². The van der Waals surface area contributed by atoms with E-state index in [1.54, 1.807) is 11.0 Å². The number of pyridine rings is 1. The van der Waals surface area contributed by atoms with E-state index in [4.69, 9.17) is 27.9 Å². The number of anilines is 4. The molecule has 3 aromatic rings. The number of rotatable bonds is 5. The number of benzene rings is 1. The Kier molecular flexibility index (Phi) is 7.53. The monoisotopic (exact) mass is 540 g/mol. The van der Waals surface area contributed by atoms with Crippen LogP contribution in [0.25, 0.3) is 0 Å². The van der Waals surface area contributed by atoms with Crippen LogP contribution in [0.5, 0.6) is 0 Å². The lowest BCUT2D eigenvalue weighted by Gasteiger charge is -2.35. The van der Waals surface area contributed by atoms with Gasteiger partial charge in [-0.3, -0.25) is 4.79 Å². The first-order valence-corrected chi connectivity index (χ1v) is 11.6. The number of nitrogens with zero attached hydrogens (tertiary/aromatic N) is 4. The molecule has 13 heteroatoms. The maximum absolute atomic E-state index is 13.6. The average Bonchev–Trinajstić information content (AvgIpc) is 2.78. The van der Waals surface area contributed by atoms with E-state index in [9.17, 15) is 18.0 Å². The van der Waals surface area contributed by atoms with E-state index in [0.717, 1.165) is 6.07 Å². The summed E-state index contributed by atoms with van der Waals surface area (Å²) in [4.78, 5) is 26.5. The summed E-state index contributed by atoms with van der Waals surface area (Å²) in [5.74, 6) is -0.585. The Balaban J connectivity index is 1.59. The van der Waals surface area contributed by atoms with Crippen LogP contribution < -0.4 is 15.5 Å². The van der Waals surface area contributed by atoms with Crippen LogP contribution in [-0.4, -0.2) is 46.2 Å². The molecule has 8 nitrogen and oxygen atoms in total. The van der Waals surface area contributed by atoms with E-state index in [2.05, 4.69) is 25.6 Å². The summed E-state index contributed by atoms with van der Waals surface area (Å²) in [6, 6.07) is 8.42.